The van der Waals surface area contributed by atoms with Crippen molar-refractivity contribution in [1.29, 1.82) is 0 Å². The van der Waals surface area contributed by atoms with Crippen molar-refractivity contribution in [3.05, 3.63) is 48.5 Å². The number of imidazole rings is 1. The Hall–Kier alpha value is -2.19. The maximum absolute atomic E-state index is 11.6. The Morgan fingerprint density at radius 2 is 2.10 bits per heavy atom. The molecule has 8 heteroatoms. The van der Waals surface area contributed by atoms with E-state index in [1.807, 2.05) is 35.0 Å². The first-order valence-corrected chi connectivity index (χ1v) is 8.12. The summed E-state index contributed by atoms with van der Waals surface area (Å²) in [5, 5.41) is 2.67. The number of nitrogens with zero attached hydrogens (tertiary/aromatic N) is 2. The van der Waals surface area contributed by atoms with Crippen LogP contribution in [0.25, 0.3) is 5.69 Å². The molecule has 2 aromatic rings. The SMILES string of the molecule is CS(=O)(=O)NCC(=O)NCc1ccccc1-n1ccnc1. The molecule has 0 aliphatic rings. The third-order valence-electron chi connectivity index (χ3n) is 2.75. The summed E-state index contributed by atoms with van der Waals surface area (Å²) in [7, 11) is -3.37. The van der Waals surface area contributed by atoms with Gasteiger partial charge in [0.15, 0.2) is 0 Å². The maximum atomic E-state index is 11.6. The summed E-state index contributed by atoms with van der Waals surface area (Å²) in [5.41, 5.74) is 1.81. The standard InChI is InChI=1S/C13H16N4O3S/c1-21(19,20)16-9-13(18)15-8-11-4-2-3-5-12(11)17-7-6-14-10-17/h2-7,10,16H,8-9H2,1H3,(H,15,18). The van der Waals surface area contributed by atoms with E-state index in [1.54, 1.807) is 12.5 Å². The molecule has 0 saturated heterocycles. The van der Waals surface area contributed by atoms with Crippen molar-refractivity contribution in [2.24, 2.45) is 0 Å². The van der Waals surface area contributed by atoms with Gasteiger partial charge in [0.2, 0.25) is 15.9 Å². The van der Waals surface area contributed by atoms with E-state index in [2.05, 4.69) is 15.0 Å². The van der Waals surface area contributed by atoms with Gasteiger partial charge in [0, 0.05) is 18.9 Å². The van der Waals surface area contributed by atoms with E-state index in [0.29, 0.717) is 6.54 Å². The number of aromatic nitrogens is 2. The normalized spacial score (nSPS) is 11.3. The summed E-state index contributed by atoms with van der Waals surface area (Å²) in [6, 6.07) is 7.57. The number of nitrogens with one attached hydrogen (secondary N) is 2. The molecule has 0 radical (unpaired) electrons. The minimum atomic E-state index is -3.37. The summed E-state index contributed by atoms with van der Waals surface area (Å²) >= 11 is 0. The zero-order valence-corrected chi connectivity index (χ0v) is 12.3. The molecule has 1 aromatic carbocycles. The molecule has 21 heavy (non-hydrogen) atoms. The number of benzene rings is 1. The number of para-hydroxylation sites is 1. The van der Waals surface area contributed by atoms with Crippen LogP contribution in [0.3, 0.4) is 0 Å². The van der Waals surface area contributed by atoms with Gasteiger partial charge in [-0.1, -0.05) is 18.2 Å². The number of sulfonamides is 1. The van der Waals surface area contributed by atoms with Crippen LogP contribution in [0.15, 0.2) is 43.0 Å². The molecule has 0 bridgehead atoms. The predicted molar refractivity (Wildman–Crippen MR) is 78.3 cm³/mol. The topological polar surface area (TPSA) is 93.1 Å². The highest BCUT2D eigenvalue weighted by atomic mass is 32.2. The monoisotopic (exact) mass is 308 g/mol. The van der Waals surface area contributed by atoms with Gasteiger partial charge in [0.25, 0.3) is 0 Å². The van der Waals surface area contributed by atoms with Crippen molar-refractivity contribution in [2.45, 2.75) is 6.54 Å². The molecule has 1 amide bonds. The number of rotatable bonds is 6. The Morgan fingerprint density at radius 3 is 2.76 bits per heavy atom. The quantitative estimate of drug-likeness (QED) is 0.788. The summed E-state index contributed by atoms with van der Waals surface area (Å²) < 4.78 is 25.8. The summed E-state index contributed by atoms with van der Waals surface area (Å²) in [6.45, 7) is 0.0324. The molecule has 0 atom stereocenters. The third-order valence-corrected chi connectivity index (χ3v) is 3.41. The van der Waals surface area contributed by atoms with Crippen LogP contribution in [0.5, 0.6) is 0 Å². The van der Waals surface area contributed by atoms with Gasteiger partial charge in [-0.15, -0.1) is 0 Å². The van der Waals surface area contributed by atoms with Crippen molar-refractivity contribution in [2.75, 3.05) is 12.8 Å². The Balaban J connectivity index is 1.99. The van der Waals surface area contributed by atoms with E-state index in [-0.39, 0.29) is 12.5 Å². The number of carbonyl (C=O) groups is 1. The molecule has 1 aromatic heterocycles. The zero-order valence-electron chi connectivity index (χ0n) is 11.5. The van der Waals surface area contributed by atoms with Gasteiger partial charge in [0.1, 0.15) is 0 Å². The highest BCUT2D eigenvalue weighted by Crippen LogP contribution is 2.13. The molecule has 7 nitrogen and oxygen atoms in total. The van der Waals surface area contributed by atoms with E-state index in [4.69, 9.17) is 0 Å². The van der Waals surface area contributed by atoms with Crippen LogP contribution in [0.4, 0.5) is 0 Å². The lowest BCUT2D eigenvalue weighted by Gasteiger charge is -2.11. The molecule has 1 heterocycles. The minimum absolute atomic E-state index is 0.272. The lowest BCUT2D eigenvalue weighted by atomic mass is 10.1. The van der Waals surface area contributed by atoms with Crippen molar-refractivity contribution in [3.63, 3.8) is 0 Å². The molecule has 0 aliphatic carbocycles. The molecule has 0 aliphatic heterocycles. The van der Waals surface area contributed by atoms with Gasteiger partial charge >= 0.3 is 0 Å². The lowest BCUT2D eigenvalue weighted by molar-refractivity contribution is -0.120. The number of amides is 1. The van der Waals surface area contributed by atoms with E-state index in [1.165, 1.54) is 0 Å². The Morgan fingerprint density at radius 1 is 1.33 bits per heavy atom. The van der Waals surface area contributed by atoms with Crippen LogP contribution >= 0.6 is 0 Å². The average molecular weight is 308 g/mol. The Kier molecular flexibility index (Phi) is 4.71. The minimum Gasteiger partial charge on any atom is -0.351 e. The van der Waals surface area contributed by atoms with Gasteiger partial charge in [-0.3, -0.25) is 4.79 Å². The summed E-state index contributed by atoms with van der Waals surface area (Å²) in [4.78, 5) is 15.6. The second-order valence-corrected chi connectivity index (χ2v) is 6.30. The molecule has 0 saturated carbocycles. The largest absolute Gasteiger partial charge is 0.351 e. The molecular formula is C13H16N4O3S. The van der Waals surface area contributed by atoms with Crippen molar-refractivity contribution >= 4 is 15.9 Å². The highest BCUT2D eigenvalue weighted by molar-refractivity contribution is 7.88. The Labute approximate surface area is 123 Å². The first-order valence-electron chi connectivity index (χ1n) is 6.23. The van der Waals surface area contributed by atoms with Crippen LogP contribution in [0.2, 0.25) is 0 Å². The number of carbonyl (C=O) groups excluding carboxylic acids is 1. The Bertz CT molecular complexity index is 711. The van der Waals surface area contributed by atoms with E-state index in [9.17, 15) is 13.2 Å². The fourth-order valence-corrected chi connectivity index (χ4v) is 2.16. The molecule has 2 N–H and O–H groups in total. The van der Waals surface area contributed by atoms with Gasteiger partial charge in [-0.05, 0) is 11.6 Å². The van der Waals surface area contributed by atoms with Crippen LogP contribution in [0.1, 0.15) is 5.56 Å². The van der Waals surface area contributed by atoms with Crippen molar-refractivity contribution in [3.8, 4) is 5.69 Å². The van der Waals surface area contributed by atoms with Gasteiger partial charge < -0.3 is 9.88 Å². The zero-order chi connectivity index (χ0) is 15.3. The van der Waals surface area contributed by atoms with Crippen molar-refractivity contribution in [1.82, 2.24) is 19.6 Å². The van der Waals surface area contributed by atoms with Crippen LogP contribution in [0, 0.1) is 0 Å². The highest BCUT2D eigenvalue weighted by Gasteiger charge is 2.08. The smallest absolute Gasteiger partial charge is 0.235 e. The number of hydrogen-bond donors (Lipinski definition) is 2. The van der Waals surface area contributed by atoms with Gasteiger partial charge in [-0.2, -0.15) is 0 Å². The van der Waals surface area contributed by atoms with E-state index >= 15 is 0 Å². The van der Waals surface area contributed by atoms with E-state index in [0.717, 1.165) is 17.5 Å². The van der Waals surface area contributed by atoms with E-state index < -0.39 is 10.0 Å². The van der Waals surface area contributed by atoms with Crippen LogP contribution < -0.4 is 10.0 Å². The fraction of sp³-hybridized carbons (Fsp3) is 0.231. The molecule has 0 fully saturated rings. The first kappa shape index (κ1) is 15.2. The van der Waals surface area contributed by atoms with Gasteiger partial charge in [0.05, 0.1) is 24.8 Å². The predicted octanol–water partition coefficient (Wildman–Crippen LogP) is 0.0377. The molecule has 2 rings (SSSR count). The summed E-state index contributed by atoms with van der Waals surface area (Å²) in [6.07, 6.45) is 6.16. The molecule has 0 unspecified atom stereocenters. The van der Waals surface area contributed by atoms with Crippen LogP contribution in [-0.2, 0) is 21.4 Å². The summed E-state index contributed by atoms with van der Waals surface area (Å²) in [5.74, 6) is -0.388. The fourth-order valence-electron chi connectivity index (χ4n) is 1.77. The molecule has 0 spiro atoms. The maximum Gasteiger partial charge on any atom is 0.235 e. The van der Waals surface area contributed by atoms with Crippen LogP contribution in [-0.4, -0.2) is 36.7 Å². The first-order chi connectivity index (χ1) is 9.96. The second kappa shape index (κ2) is 6.51. The number of hydrogen-bond acceptors (Lipinski definition) is 4. The third kappa shape index (κ3) is 4.69. The average Bonchev–Trinajstić information content (AvgIpc) is 2.96. The molecule has 112 valence electrons. The second-order valence-electron chi connectivity index (χ2n) is 4.47. The molecular weight excluding hydrogens is 292 g/mol. The van der Waals surface area contributed by atoms with Gasteiger partial charge in [-0.25, -0.2) is 18.1 Å². The lowest BCUT2D eigenvalue weighted by Crippen LogP contribution is -2.36. The van der Waals surface area contributed by atoms with Crippen molar-refractivity contribution < 1.29 is 13.2 Å².